The number of halogens is 1. The van der Waals surface area contributed by atoms with Crippen LogP contribution >= 0.6 is 15.9 Å². The molecule has 1 rings (SSSR count). The van der Waals surface area contributed by atoms with E-state index in [0.29, 0.717) is 0 Å². The number of benzene rings is 1. The van der Waals surface area contributed by atoms with Crippen LogP contribution in [0, 0.1) is 0 Å². The first-order chi connectivity index (χ1) is 7.04. The minimum atomic E-state index is -0.0467. The van der Waals surface area contributed by atoms with Crippen molar-refractivity contribution in [3.05, 3.63) is 40.9 Å². The van der Waals surface area contributed by atoms with E-state index in [1.54, 1.807) is 6.08 Å². The van der Waals surface area contributed by atoms with Crippen LogP contribution in [0.25, 0.3) is 0 Å². The highest BCUT2D eigenvalue weighted by Crippen LogP contribution is 2.28. The van der Waals surface area contributed by atoms with Crippen molar-refractivity contribution >= 4 is 15.9 Å². The highest BCUT2D eigenvalue weighted by atomic mass is 79.9. The van der Waals surface area contributed by atoms with E-state index < -0.39 is 0 Å². The zero-order valence-electron chi connectivity index (χ0n) is 9.03. The van der Waals surface area contributed by atoms with E-state index in [0.717, 1.165) is 15.8 Å². The maximum absolute atomic E-state index is 5.87. The van der Waals surface area contributed by atoms with Gasteiger partial charge in [-0.2, -0.15) is 0 Å². The molecule has 0 saturated carbocycles. The SMILES string of the molecule is C=CC(C)Oc1ccc(Br)cc1C(C)N. The predicted octanol–water partition coefficient (Wildman–Crippen LogP) is 3.42. The van der Waals surface area contributed by atoms with Crippen molar-refractivity contribution in [3.8, 4) is 5.75 Å². The number of hydrogen-bond acceptors (Lipinski definition) is 2. The Kier molecular flexibility index (Phi) is 4.36. The molecule has 0 amide bonds. The third kappa shape index (κ3) is 3.36. The van der Waals surface area contributed by atoms with Gasteiger partial charge in [0.05, 0.1) is 0 Å². The maximum Gasteiger partial charge on any atom is 0.125 e. The summed E-state index contributed by atoms with van der Waals surface area (Å²) in [6.07, 6.45) is 1.75. The minimum absolute atomic E-state index is 0.0105. The highest BCUT2D eigenvalue weighted by molar-refractivity contribution is 9.10. The fourth-order valence-electron chi connectivity index (χ4n) is 1.23. The van der Waals surface area contributed by atoms with Crippen molar-refractivity contribution in [3.63, 3.8) is 0 Å². The van der Waals surface area contributed by atoms with Crippen LogP contribution < -0.4 is 10.5 Å². The predicted molar refractivity (Wildman–Crippen MR) is 67.0 cm³/mol. The highest BCUT2D eigenvalue weighted by Gasteiger charge is 2.10. The summed E-state index contributed by atoms with van der Waals surface area (Å²) >= 11 is 3.42. The first kappa shape index (κ1) is 12.3. The minimum Gasteiger partial charge on any atom is -0.486 e. The smallest absolute Gasteiger partial charge is 0.125 e. The monoisotopic (exact) mass is 269 g/mol. The molecule has 2 unspecified atom stereocenters. The van der Waals surface area contributed by atoms with E-state index in [9.17, 15) is 0 Å². The second-order valence-corrected chi connectivity index (χ2v) is 4.45. The van der Waals surface area contributed by atoms with Crippen LogP contribution in [-0.4, -0.2) is 6.10 Å². The quantitative estimate of drug-likeness (QED) is 0.851. The lowest BCUT2D eigenvalue weighted by molar-refractivity contribution is 0.266. The second kappa shape index (κ2) is 5.33. The molecule has 0 radical (unpaired) electrons. The molecule has 0 fully saturated rings. The van der Waals surface area contributed by atoms with Gasteiger partial charge >= 0.3 is 0 Å². The van der Waals surface area contributed by atoms with Gasteiger partial charge in [-0.05, 0) is 32.0 Å². The summed E-state index contributed by atoms with van der Waals surface area (Å²) in [6, 6.07) is 5.80. The lowest BCUT2D eigenvalue weighted by Gasteiger charge is -2.17. The van der Waals surface area contributed by atoms with Crippen molar-refractivity contribution in [2.24, 2.45) is 5.73 Å². The molecule has 0 aliphatic carbocycles. The van der Waals surface area contributed by atoms with Crippen molar-refractivity contribution in [2.75, 3.05) is 0 Å². The topological polar surface area (TPSA) is 35.2 Å². The molecular weight excluding hydrogens is 254 g/mol. The Labute approximate surface area is 99.3 Å². The van der Waals surface area contributed by atoms with E-state index in [4.69, 9.17) is 10.5 Å². The van der Waals surface area contributed by atoms with Crippen LogP contribution in [-0.2, 0) is 0 Å². The molecule has 0 aliphatic heterocycles. The summed E-state index contributed by atoms with van der Waals surface area (Å²) in [5, 5.41) is 0. The number of rotatable bonds is 4. The van der Waals surface area contributed by atoms with E-state index >= 15 is 0 Å². The molecule has 0 saturated heterocycles. The molecule has 82 valence electrons. The standard InChI is InChI=1S/C12H16BrNO/c1-4-8(2)15-12-6-5-10(13)7-11(12)9(3)14/h4-9H,1,14H2,2-3H3. The van der Waals surface area contributed by atoms with E-state index in [2.05, 4.69) is 22.5 Å². The summed E-state index contributed by atoms with van der Waals surface area (Å²) in [5.41, 5.74) is 6.87. The van der Waals surface area contributed by atoms with Gasteiger partial charge in [0, 0.05) is 16.1 Å². The molecule has 0 aliphatic rings. The molecule has 0 spiro atoms. The molecule has 0 heterocycles. The Bertz CT molecular complexity index is 349. The largest absolute Gasteiger partial charge is 0.486 e. The van der Waals surface area contributed by atoms with Crippen molar-refractivity contribution in [1.82, 2.24) is 0 Å². The molecule has 3 heteroatoms. The van der Waals surface area contributed by atoms with Crippen molar-refractivity contribution < 1.29 is 4.74 Å². The van der Waals surface area contributed by atoms with Gasteiger partial charge in [0.25, 0.3) is 0 Å². The van der Waals surface area contributed by atoms with Gasteiger partial charge in [0.1, 0.15) is 11.9 Å². The summed E-state index contributed by atoms with van der Waals surface area (Å²) in [7, 11) is 0. The Morgan fingerprint density at radius 2 is 2.13 bits per heavy atom. The molecule has 15 heavy (non-hydrogen) atoms. The number of hydrogen-bond donors (Lipinski definition) is 1. The first-order valence-corrected chi connectivity index (χ1v) is 5.68. The molecule has 2 atom stereocenters. The average molecular weight is 270 g/mol. The van der Waals surface area contributed by atoms with Gasteiger partial charge in [-0.1, -0.05) is 28.6 Å². The van der Waals surface area contributed by atoms with E-state index in [1.165, 1.54) is 0 Å². The lowest BCUT2D eigenvalue weighted by Crippen LogP contribution is -2.12. The third-order valence-corrected chi connectivity index (χ3v) is 2.60. The van der Waals surface area contributed by atoms with E-state index in [1.807, 2.05) is 32.0 Å². The maximum atomic E-state index is 5.87. The van der Waals surface area contributed by atoms with Crippen molar-refractivity contribution in [2.45, 2.75) is 26.0 Å². The average Bonchev–Trinajstić information content (AvgIpc) is 2.20. The zero-order chi connectivity index (χ0) is 11.4. The van der Waals surface area contributed by atoms with Crippen LogP contribution in [0.3, 0.4) is 0 Å². The molecular formula is C12H16BrNO. The molecule has 0 bridgehead atoms. The molecule has 0 aromatic heterocycles. The van der Waals surface area contributed by atoms with Gasteiger partial charge in [-0.25, -0.2) is 0 Å². The summed E-state index contributed by atoms with van der Waals surface area (Å²) in [6.45, 7) is 7.57. The molecule has 1 aromatic carbocycles. The van der Waals surface area contributed by atoms with Crippen LogP contribution in [0.15, 0.2) is 35.3 Å². The Morgan fingerprint density at radius 3 is 2.67 bits per heavy atom. The lowest BCUT2D eigenvalue weighted by atomic mass is 10.1. The second-order valence-electron chi connectivity index (χ2n) is 3.53. The Morgan fingerprint density at radius 1 is 1.47 bits per heavy atom. The van der Waals surface area contributed by atoms with Crippen molar-refractivity contribution in [1.29, 1.82) is 0 Å². The number of ether oxygens (including phenoxy) is 1. The van der Waals surface area contributed by atoms with Gasteiger partial charge < -0.3 is 10.5 Å². The third-order valence-electron chi connectivity index (χ3n) is 2.11. The molecule has 2 nitrogen and oxygen atoms in total. The normalized spacial score (nSPS) is 14.4. The molecule has 1 aromatic rings. The van der Waals surface area contributed by atoms with Crippen LogP contribution in [0.4, 0.5) is 0 Å². The fraction of sp³-hybridized carbons (Fsp3) is 0.333. The summed E-state index contributed by atoms with van der Waals surface area (Å²) < 4.78 is 6.70. The van der Waals surface area contributed by atoms with E-state index in [-0.39, 0.29) is 12.1 Å². The number of nitrogens with two attached hydrogens (primary N) is 1. The Balaban J connectivity index is 3.00. The van der Waals surface area contributed by atoms with Gasteiger partial charge in [0.15, 0.2) is 0 Å². The zero-order valence-corrected chi connectivity index (χ0v) is 10.6. The summed E-state index contributed by atoms with van der Waals surface area (Å²) in [4.78, 5) is 0. The Hall–Kier alpha value is -0.800. The summed E-state index contributed by atoms with van der Waals surface area (Å²) in [5.74, 6) is 0.820. The van der Waals surface area contributed by atoms with Crippen LogP contribution in [0.5, 0.6) is 5.75 Å². The van der Waals surface area contributed by atoms with Gasteiger partial charge in [-0.3, -0.25) is 0 Å². The fourth-order valence-corrected chi connectivity index (χ4v) is 1.61. The molecule has 2 N–H and O–H groups in total. The van der Waals surface area contributed by atoms with Crippen LogP contribution in [0.1, 0.15) is 25.5 Å². The van der Waals surface area contributed by atoms with Crippen LogP contribution in [0.2, 0.25) is 0 Å². The first-order valence-electron chi connectivity index (χ1n) is 4.89. The van der Waals surface area contributed by atoms with Gasteiger partial charge in [-0.15, -0.1) is 0 Å². The van der Waals surface area contributed by atoms with Gasteiger partial charge in [0.2, 0.25) is 0 Å².